The summed E-state index contributed by atoms with van der Waals surface area (Å²) in [5.41, 5.74) is -8.96. The fourth-order valence-electron chi connectivity index (χ4n) is 11.8. The summed E-state index contributed by atoms with van der Waals surface area (Å²) in [6.45, 7) is 10.1. The summed E-state index contributed by atoms with van der Waals surface area (Å²) >= 11 is 0. The second-order valence-electron chi connectivity index (χ2n) is 15.7. The second-order valence-corrected chi connectivity index (χ2v) is 15.7. The third-order valence-electron chi connectivity index (χ3n) is 14.1. The van der Waals surface area contributed by atoms with Crippen molar-refractivity contribution in [3.05, 3.63) is 11.6 Å². The van der Waals surface area contributed by atoms with Crippen LogP contribution in [0.3, 0.4) is 0 Å². The Kier molecular flexibility index (Phi) is 6.04. The molecule has 4 aliphatic carbocycles. The molecule has 7 aliphatic rings. The fraction of sp³-hybridized carbons (Fsp3) is 0.906. The Morgan fingerprint density at radius 1 is 0.952 bits per heavy atom. The van der Waals surface area contributed by atoms with Gasteiger partial charge >= 0.3 is 5.97 Å². The van der Waals surface area contributed by atoms with Crippen LogP contribution in [0.15, 0.2) is 11.6 Å². The van der Waals surface area contributed by atoms with E-state index in [2.05, 4.69) is 11.8 Å². The van der Waals surface area contributed by atoms with Gasteiger partial charge in [0.1, 0.15) is 22.4 Å². The molecule has 6 unspecified atom stereocenters. The standard InChI is InChI=1S/C32H49NO9/c1-6-18(3)25(35)41-24-11-12-26(4)19-8-9-20-28(37)13-23(34)31(39)21(29(28,38)16-30(20,26)42-32(19,24)40)15-33-14-17(2)7-10-22(33)27(31,5)36/h6,17,19-24,34,36-40H,7-16H2,1-5H3/b18-6-/t17-,19?,20-,21-,22-,23-,24-,26-,27+,28?,29?,30?,31?,32?/m0/s1. The Hall–Kier alpha value is -1.11. The third kappa shape index (κ3) is 3.07. The quantitative estimate of drug-likeness (QED) is 0.202. The van der Waals surface area contributed by atoms with Gasteiger partial charge in [-0.2, -0.15) is 0 Å². The number of fused-ring (bicyclic) bond motifs is 5. The van der Waals surface area contributed by atoms with Crippen molar-refractivity contribution in [3.63, 3.8) is 0 Å². The van der Waals surface area contributed by atoms with Crippen molar-refractivity contribution >= 4 is 5.97 Å². The predicted molar refractivity (Wildman–Crippen MR) is 150 cm³/mol. The second kappa shape index (κ2) is 8.57. The molecule has 0 aromatic carbocycles. The summed E-state index contributed by atoms with van der Waals surface area (Å²) < 4.78 is 12.6. The maximum atomic E-state index is 12.9. The molecular formula is C32H49NO9. The maximum Gasteiger partial charge on any atom is 0.333 e. The first-order valence-corrected chi connectivity index (χ1v) is 16.0. The van der Waals surface area contributed by atoms with Crippen LogP contribution in [0.2, 0.25) is 0 Å². The van der Waals surface area contributed by atoms with Gasteiger partial charge in [-0.1, -0.05) is 19.9 Å². The topological polar surface area (TPSA) is 160 Å². The third-order valence-corrected chi connectivity index (χ3v) is 14.1. The van der Waals surface area contributed by atoms with E-state index in [1.165, 1.54) is 0 Å². The number of piperidine rings is 2. The molecular weight excluding hydrogens is 542 g/mol. The smallest absolute Gasteiger partial charge is 0.333 e. The number of ether oxygens (including phenoxy) is 2. The molecule has 236 valence electrons. The van der Waals surface area contributed by atoms with Crippen LogP contribution in [0.25, 0.3) is 0 Å². The van der Waals surface area contributed by atoms with Gasteiger partial charge < -0.3 is 40.1 Å². The summed E-state index contributed by atoms with van der Waals surface area (Å²) in [6.07, 6.45) is 2.30. The summed E-state index contributed by atoms with van der Waals surface area (Å²) in [6, 6.07) is -0.387. The lowest BCUT2D eigenvalue weighted by Crippen LogP contribution is -2.85. The van der Waals surface area contributed by atoms with Crippen LogP contribution in [0.1, 0.15) is 86.0 Å². The molecule has 4 bridgehead atoms. The van der Waals surface area contributed by atoms with Crippen LogP contribution in [0, 0.1) is 29.1 Å². The van der Waals surface area contributed by atoms with Gasteiger partial charge in [0.2, 0.25) is 5.79 Å². The highest BCUT2D eigenvalue weighted by Gasteiger charge is 2.88. The van der Waals surface area contributed by atoms with Crippen molar-refractivity contribution in [2.24, 2.45) is 29.1 Å². The Labute approximate surface area is 247 Å². The molecule has 7 fully saturated rings. The number of hydrogen-bond acceptors (Lipinski definition) is 10. The van der Waals surface area contributed by atoms with Crippen LogP contribution in [0.5, 0.6) is 0 Å². The van der Waals surface area contributed by atoms with E-state index in [1.807, 2.05) is 6.92 Å². The number of rotatable bonds is 2. The molecule has 0 aromatic heterocycles. The molecule has 3 heterocycles. The van der Waals surface area contributed by atoms with Gasteiger partial charge in [0.05, 0.1) is 11.7 Å². The molecule has 10 nitrogen and oxygen atoms in total. The van der Waals surface area contributed by atoms with E-state index >= 15 is 0 Å². The molecule has 3 saturated heterocycles. The molecule has 6 N–H and O–H groups in total. The molecule has 3 aliphatic heterocycles. The maximum absolute atomic E-state index is 12.9. The number of allylic oxidation sites excluding steroid dienone is 1. The Morgan fingerprint density at radius 3 is 2.33 bits per heavy atom. The summed E-state index contributed by atoms with van der Waals surface area (Å²) in [5, 5.41) is 73.9. The SMILES string of the molecule is C/C=C(/C)C(=O)O[C@H]1CC[C@@]2(C)C3CC[C@H]4C5(O)C[C@H](O)C6(O)[C@@H](CN7C[C@@H](C)CC[C@H]7[C@@]6(C)O)C5(O)CC42OC31O. The molecule has 1 spiro atoms. The van der Waals surface area contributed by atoms with Crippen LogP contribution in [0.4, 0.5) is 0 Å². The van der Waals surface area contributed by atoms with Crippen LogP contribution < -0.4 is 0 Å². The molecule has 7 rings (SSSR count). The lowest BCUT2D eigenvalue weighted by atomic mass is 9.49. The fourth-order valence-corrected chi connectivity index (χ4v) is 11.8. The van der Waals surface area contributed by atoms with E-state index in [9.17, 15) is 35.4 Å². The zero-order valence-corrected chi connectivity index (χ0v) is 25.5. The number of carbonyl (C=O) groups excluding carboxylic acids is 1. The molecule has 42 heavy (non-hydrogen) atoms. The van der Waals surface area contributed by atoms with E-state index in [1.54, 1.807) is 26.8 Å². The largest absolute Gasteiger partial charge is 0.453 e. The van der Waals surface area contributed by atoms with E-state index in [0.29, 0.717) is 50.1 Å². The van der Waals surface area contributed by atoms with Gasteiger partial charge in [-0.15, -0.1) is 0 Å². The minimum Gasteiger partial charge on any atom is -0.453 e. The normalized spacial score (nSPS) is 60.3. The lowest BCUT2D eigenvalue weighted by molar-refractivity contribution is -0.354. The van der Waals surface area contributed by atoms with Crippen molar-refractivity contribution < 1.29 is 44.9 Å². The van der Waals surface area contributed by atoms with Gasteiger partial charge in [-0.05, 0) is 65.2 Å². The van der Waals surface area contributed by atoms with E-state index < -0.39 is 75.1 Å². The van der Waals surface area contributed by atoms with Crippen LogP contribution >= 0.6 is 0 Å². The Balaban J connectivity index is 1.32. The highest BCUT2D eigenvalue weighted by molar-refractivity contribution is 5.87. The van der Waals surface area contributed by atoms with E-state index in [4.69, 9.17) is 9.47 Å². The van der Waals surface area contributed by atoms with E-state index in [-0.39, 0.29) is 25.4 Å². The van der Waals surface area contributed by atoms with Gasteiger partial charge in [-0.3, -0.25) is 4.90 Å². The number of aliphatic hydroxyl groups excluding tert-OH is 1. The van der Waals surface area contributed by atoms with Crippen LogP contribution in [-0.2, 0) is 14.3 Å². The Bertz CT molecular complexity index is 1220. The highest BCUT2D eigenvalue weighted by Crippen LogP contribution is 2.78. The minimum atomic E-state index is -2.06. The summed E-state index contributed by atoms with van der Waals surface area (Å²) in [4.78, 5) is 14.9. The Morgan fingerprint density at radius 2 is 1.64 bits per heavy atom. The zero-order valence-electron chi connectivity index (χ0n) is 25.5. The number of esters is 1. The van der Waals surface area contributed by atoms with Crippen molar-refractivity contribution in [2.75, 3.05) is 13.1 Å². The van der Waals surface area contributed by atoms with Gasteiger partial charge in [0.25, 0.3) is 0 Å². The zero-order chi connectivity index (χ0) is 30.5. The average Bonchev–Trinajstić information content (AvgIpc) is 3.09. The number of nitrogens with zero attached hydrogens (tertiary/aromatic N) is 1. The molecule has 0 amide bonds. The van der Waals surface area contributed by atoms with Crippen molar-refractivity contribution in [3.8, 4) is 0 Å². The minimum absolute atomic E-state index is 0.0606. The molecule has 4 saturated carbocycles. The van der Waals surface area contributed by atoms with Crippen molar-refractivity contribution in [1.29, 1.82) is 0 Å². The first-order chi connectivity index (χ1) is 19.5. The van der Waals surface area contributed by atoms with Gasteiger partial charge in [-0.25, -0.2) is 4.79 Å². The van der Waals surface area contributed by atoms with Gasteiger partial charge in [0.15, 0.2) is 6.10 Å². The number of aliphatic hydroxyl groups is 6. The first-order valence-electron chi connectivity index (χ1n) is 16.0. The summed E-state index contributed by atoms with van der Waals surface area (Å²) in [5.74, 6) is -4.05. The molecule has 0 radical (unpaired) electrons. The predicted octanol–water partition coefficient (Wildman–Crippen LogP) is 0.991. The van der Waals surface area contributed by atoms with Gasteiger partial charge in [0, 0.05) is 60.7 Å². The monoisotopic (exact) mass is 591 g/mol. The highest BCUT2D eigenvalue weighted by atomic mass is 16.7. The number of carbonyl (C=O) groups is 1. The van der Waals surface area contributed by atoms with Crippen LogP contribution in [-0.4, -0.2) is 107 Å². The summed E-state index contributed by atoms with van der Waals surface area (Å²) in [7, 11) is 0. The first kappa shape index (κ1) is 29.6. The molecule has 0 aromatic rings. The average molecular weight is 592 g/mol. The molecule has 10 heteroatoms. The van der Waals surface area contributed by atoms with Crippen molar-refractivity contribution in [2.45, 2.75) is 138 Å². The molecule has 14 atom stereocenters. The lowest BCUT2D eigenvalue weighted by Gasteiger charge is -2.68. The number of hydrogen-bond donors (Lipinski definition) is 6. The van der Waals surface area contributed by atoms with E-state index in [0.717, 1.165) is 6.42 Å². The van der Waals surface area contributed by atoms with Crippen molar-refractivity contribution in [1.82, 2.24) is 4.90 Å².